The van der Waals surface area contributed by atoms with Crippen LogP contribution in [0.25, 0.3) is 11.0 Å². The third-order valence-electron chi connectivity index (χ3n) is 5.55. The van der Waals surface area contributed by atoms with Crippen LogP contribution in [0.2, 0.25) is 0 Å². The zero-order valence-corrected chi connectivity index (χ0v) is 16.9. The molecule has 1 N–H and O–H groups in total. The van der Waals surface area contributed by atoms with Gasteiger partial charge in [-0.1, -0.05) is 17.7 Å². The van der Waals surface area contributed by atoms with Crippen LogP contribution in [0, 0.1) is 6.92 Å². The SMILES string of the molecule is COc1cc([C@@H]2c3c(oc4ccc(C)cc4c3=O)C(=O)N2Cc2ccco2)ccc1O. The van der Waals surface area contributed by atoms with E-state index in [0.717, 1.165) is 5.56 Å². The first kappa shape index (κ1) is 19.0. The number of furan rings is 1. The monoisotopic (exact) mass is 417 g/mol. The van der Waals surface area contributed by atoms with Gasteiger partial charge in [-0.3, -0.25) is 9.59 Å². The minimum absolute atomic E-state index is 0.0185. The van der Waals surface area contributed by atoms with E-state index in [1.807, 2.05) is 13.0 Å². The first-order chi connectivity index (χ1) is 15.0. The number of aryl methyl sites for hydroxylation is 1. The molecule has 156 valence electrons. The fourth-order valence-electron chi connectivity index (χ4n) is 4.08. The van der Waals surface area contributed by atoms with E-state index < -0.39 is 11.9 Å². The summed E-state index contributed by atoms with van der Waals surface area (Å²) >= 11 is 0. The van der Waals surface area contributed by atoms with E-state index in [2.05, 4.69) is 0 Å². The van der Waals surface area contributed by atoms with Gasteiger partial charge in [-0.2, -0.15) is 0 Å². The lowest BCUT2D eigenvalue weighted by Gasteiger charge is -2.24. The van der Waals surface area contributed by atoms with Crippen LogP contribution >= 0.6 is 0 Å². The number of ether oxygens (including phenoxy) is 1. The lowest BCUT2D eigenvalue weighted by Crippen LogP contribution is -2.29. The number of nitrogens with zero attached hydrogens (tertiary/aromatic N) is 1. The molecule has 0 saturated heterocycles. The predicted octanol–water partition coefficient (Wildman–Crippen LogP) is 4.15. The van der Waals surface area contributed by atoms with Gasteiger partial charge in [0.1, 0.15) is 11.3 Å². The molecular weight excluding hydrogens is 398 g/mol. The van der Waals surface area contributed by atoms with E-state index in [1.54, 1.807) is 36.4 Å². The Balaban J connectivity index is 1.76. The van der Waals surface area contributed by atoms with E-state index in [1.165, 1.54) is 24.3 Å². The van der Waals surface area contributed by atoms with Gasteiger partial charge < -0.3 is 23.6 Å². The standard InChI is InChI=1S/C24H19NO6/c1-13-5-8-18-16(10-13)22(27)20-21(14-6-7-17(26)19(11-14)29-2)25(24(28)23(20)31-18)12-15-4-3-9-30-15/h3-11,21,26H,12H2,1-2H3/t21-/m1/s1. The van der Waals surface area contributed by atoms with Crippen LogP contribution in [0.1, 0.15) is 39.0 Å². The van der Waals surface area contributed by atoms with Crippen LogP contribution in [0.4, 0.5) is 0 Å². The van der Waals surface area contributed by atoms with Gasteiger partial charge in [0.15, 0.2) is 16.9 Å². The lowest BCUT2D eigenvalue weighted by atomic mass is 9.97. The van der Waals surface area contributed by atoms with Crippen LogP contribution in [0.15, 0.2) is 68.4 Å². The highest BCUT2D eigenvalue weighted by Gasteiger charge is 2.43. The molecule has 7 nitrogen and oxygen atoms in total. The number of methoxy groups -OCH3 is 1. The first-order valence-corrected chi connectivity index (χ1v) is 9.75. The summed E-state index contributed by atoms with van der Waals surface area (Å²) in [6.45, 7) is 2.04. The molecule has 0 fully saturated rings. The topological polar surface area (TPSA) is 93.1 Å². The van der Waals surface area contributed by atoms with E-state index >= 15 is 0 Å². The summed E-state index contributed by atoms with van der Waals surface area (Å²) in [5.74, 6) is 0.407. The van der Waals surface area contributed by atoms with Crippen LogP contribution in [-0.4, -0.2) is 23.0 Å². The number of hydrogen-bond acceptors (Lipinski definition) is 6. The number of fused-ring (bicyclic) bond motifs is 2. The van der Waals surface area contributed by atoms with Gasteiger partial charge >= 0.3 is 0 Å². The number of phenolic OH excluding ortho intramolecular Hbond substituents is 1. The Hall–Kier alpha value is -4.00. The number of hydrogen-bond donors (Lipinski definition) is 1. The van der Waals surface area contributed by atoms with Crippen LogP contribution in [0.3, 0.4) is 0 Å². The normalized spacial score (nSPS) is 15.5. The maximum atomic E-state index is 13.5. The largest absolute Gasteiger partial charge is 0.504 e. The molecule has 0 spiro atoms. The molecule has 7 heteroatoms. The van der Waals surface area contributed by atoms with E-state index in [-0.39, 0.29) is 34.8 Å². The van der Waals surface area contributed by atoms with E-state index in [0.29, 0.717) is 22.3 Å². The highest BCUT2D eigenvalue weighted by molar-refractivity contribution is 5.99. The molecule has 2 aromatic heterocycles. The van der Waals surface area contributed by atoms with Gasteiger partial charge in [-0.15, -0.1) is 0 Å². The Morgan fingerprint density at radius 1 is 1.13 bits per heavy atom. The quantitative estimate of drug-likeness (QED) is 0.536. The highest BCUT2D eigenvalue weighted by atomic mass is 16.5. The minimum atomic E-state index is -0.719. The number of rotatable bonds is 4. The second-order valence-electron chi connectivity index (χ2n) is 7.52. The molecule has 3 heterocycles. The zero-order chi connectivity index (χ0) is 21.7. The average molecular weight is 417 g/mol. The van der Waals surface area contributed by atoms with Crippen molar-refractivity contribution in [3.8, 4) is 11.5 Å². The number of amides is 1. The average Bonchev–Trinajstić information content (AvgIpc) is 3.37. The van der Waals surface area contributed by atoms with Crippen LogP contribution in [0.5, 0.6) is 11.5 Å². The third kappa shape index (κ3) is 2.97. The van der Waals surface area contributed by atoms with Crippen LogP contribution in [-0.2, 0) is 6.54 Å². The van der Waals surface area contributed by atoms with Crippen molar-refractivity contribution in [1.82, 2.24) is 4.90 Å². The second-order valence-corrected chi connectivity index (χ2v) is 7.52. The molecule has 1 aliphatic rings. The number of benzene rings is 2. The maximum Gasteiger partial charge on any atom is 0.291 e. The van der Waals surface area contributed by atoms with Gasteiger partial charge in [0, 0.05) is 0 Å². The van der Waals surface area contributed by atoms with Crippen LogP contribution < -0.4 is 10.2 Å². The minimum Gasteiger partial charge on any atom is -0.504 e. The summed E-state index contributed by atoms with van der Waals surface area (Å²) < 4.78 is 16.6. The molecule has 1 amide bonds. The van der Waals surface area contributed by atoms with Crippen molar-refractivity contribution >= 4 is 16.9 Å². The fraction of sp³-hybridized carbons (Fsp3) is 0.167. The van der Waals surface area contributed by atoms with Gasteiger partial charge in [0.25, 0.3) is 5.91 Å². The summed E-state index contributed by atoms with van der Waals surface area (Å²) in [5.41, 5.74) is 1.91. The smallest absolute Gasteiger partial charge is 0.291 e. The Morgan fingerprint density at radius 3 is 2.71 bits per heavy atom. The molecule has 1 aliphatic heterocycles. The molecule has 4 aromatic rings. The van der Waals surface area contributed by atoms with E-state index in [4.69, 9.17) is 13.6 Å². The summed E-state index contributed by atoms with van der Waals surface area (Å²) in [6.07, 6.45) is 1.53. The number of phenols is 1. The molecular formula is C24H19NO6. The summed E-state index contributed by atoms with van der Waals surface area (Å²) in [4.78, 5) is 28.4. The maximum absolute atomic E-state index is 13.5. The summed E-state index contributed by atoms with van der Waals surface area (Å²) in [5, 5.41) is 10.4. The third-order valence-corrected chi connectivity index (χ3v) is 5.55. The number of carbonyl (C=O) groups is 1. The van der Waals surface area contributed by atoms with Gasteiger partial charge in [0.2, 0.25) is 5.76 Å². The van der Waals surface area contributed by atoms with Gasteiger partial charge in [-0.05, 0) is 48.9 Å². The second kappa shape index (κ2) is 7.05. The van der Waals surface area contributed by atoms with Crippen molar-refractivity contribution in [2.45, 2.75) is 19.5 Å². The molecule has 0 saturated carbocycles. The molecule has 0 aliphatic carbocycles. The summed E-state index contributed by atoms with van der Waals surface area (Å²) in [6, 6.07) is 12.8. The van der Waals surface area contributed by atoms with Crippen molar-refractivity contribution in [3.63, 3.8) is 0 Å². The van der Waals surface area contributed by atoms with Crippen molar-refractivity contribution in [2.24, 2.45) is 0 Å². The Morgan fingerprint density at radius 2 is 1.97 bits per heavy atom. The summed E-state index contributed by atoms with van der Waals surface area (Å²) in [7, 11) is 1.44. The molecule has 1 atom stereocenters. The van der Waals surface area contributed by atoms with Crippen molar-refractivity contribution < 1.29 is 23.5 Å². The Bertz CT molecular complexity index is 1370. The van der Waals surface area contributed by atoms with Gasteiger partial charge in [-0.25, -0.2) is 0 Å². The van der Waals surface area contributed by atoms with E-state index in [9.17, 15) is 14.7 Å². The lowest BCUT2D eigenvalue weighted by molar-refractivity contribution is 0.0701. The van der Waals surface area contributed by atoms with Crippen molar-refractivity contribution in [3.05, 3.63) is 93.2 Å². The molecule has 5 rings (SSSR count). The highest BCUT2D eigenvalue weighted by Crippen LogP contribution is 2.41. The van der Waals surface area contributed by atoms with Crippen molar-refractivity contribution in [2.75, 3.05) is 7.11 Å². The molecule has 0 unspecified atom stereocenters. The van der Waals surface area contributed by atoms with Gasteiger partial charge in [0.05, 0.1) is 36.9 Å². The molecule has 0 radical (unpaired) electrons. The Kier molecular flexibility index (Phi) is 4.32. The Labute approximate surface area is 177 Å². The fourth-order valence-corrected chi connectivity index (χ4v) is 4.08. The molecule has 2 aromatic carbocycles. The number of carbonyl (C=O) groups excluding carboxylic acids is 1. The first-order valence-electron chi connectivity index (χ1n) is 9.75. The zero-order valence-electron chi connectivity index (χ0n) is 16.9. The van der Waals surface area contributed by atoms with Crippen molar-refractivity contribution in [1.29, 1.82) is 0 Å². The number of aromatic hydroxyl groups is 1. The molecule has 0 bridgehead atoms. The predicted molar refractivity (Wildman–Crippen MR) is 112 cm³/mol. The molecule has 31 heavy (non-hydrogen) atoms.